The zero-order valence-corrected chi connectivity index (χ0v) is 17.2. The highest BCUT2D eigenvalue weighted by Gasteiger charge is 2.79. The standard InChI is InChI=1S/C22H32O6/c1-6-20(4)9-13(27-14(24)10-23)21(5)11(2)7-8-22(12(3)18(20)26)17(21)15(25)16-19(22)28-16/h6,11-13,16-19,23,26H,1,7-10H2,2-5H3/t11-,12+,13-,16-,17-,18+,19-,20-,21+,22+/m1/s1. The van der Waals surface area contributed by atoms with Crippen molar-refractivity contribution in [2.75, 3.05) is 6.61 Å². The third-order valence-electron chi connectivity index (χ3n) is 9.00. The van der Waals surface area contributed by atoms with E-state index in [1.54, 1.807) is 6.08 Å². The van der Waals surface area contributed by atoms with Crippen molar-refractivity contribution < 1.29 is 29.3 Å². The van der Waals surface area contributed by atoms with Crippen LogP contribution in [0.2, 0.25) is 0 Å². The molecule has 6 nitrogen and oxygen atoms in total. The van der Waals surface area contributed by atoms with Crippen molar-refractivity contribution in [3.63, 3.8) is 0 Å². The molecule has 2 bridgehead atoms. The zero-order valence-electron chi connectivity index (χ0n) is 17.2. The fraction of sp³-hybridized carbons (Fsp3) is 0.818. The van der Waals surface area contributed by atoms with Crippen LogP contribution in [0.25, 0.3) is 0 Å². The first-order valence-corrected chi connectivity index (χ1v) is 10.4. The molecule has 156 valence electrons. The number of rotatable bonds is 3. The van der Waals surface area contributed by atoms with Gasteiger partial charge in [0, 0.05) is 22.2 Å². The van der Waals surface area contributed by atoms with Crippen LogP contribution in [0.15, 0.2) is 12.7 Å². The number of aliphatic hydroxyl groups excluding tert-OH is 2. The molecule has 0 amide bonds. The quantitative estimate of drug-likeness (QED) is 0.432. The number of epoxide rings is 1. The van der Waals surface area contributed by atoms with E-state index in [2.05, 4.69) is 20.4 Å². The van der Waals surface area contributed by atoms with Crippen LogP contribution in [0.1, 0.15) is 47.0 Å². The number of carbonyl (C=O) groups excluding carboxylic acids is 2. The molecule has 1 aliphatic heterocycles. The fourth-order valence-corrected chi connectivity index (χ4v) is 6.99. The minimum absolute atomic E-state index is 0.0883. The maximum atomic E-state index is 13.4. The van der Waals surface area contributed by atoms with E-state index in [0.29, 0.717) is 6.42 Å². The van der Waals surface area contributed by atoms with Crippen LogP contribution in [0.3, 0.4) is 0 Å². The predicted octanol–water partition coefficient (Wildman–Crippen LogP) is 1.87. The normalized spacial score (nSPS) is 54.8. The van der Waals surface area contributed by atoms with Crippen LogP contribution in [0.5, 0.6) is 0 Å². The maximum Gasteiger partial charge on any atom is 0.332 e. The molecule has 3 saturated carbocycles. The molecule has 0 aromatic rings. The summed E-state index contributed by atoms with van der Waals surface area (Å²) in [7, 11) is 0. The Bertz CT molecular complexity index is 720. The molecule has 28 heavy (non-hydrogen) atoms. The first kappa shape index (κ1) is 20.0. The molecule has 0 unspecified atom stereocenters. The lowest BCUT2D eigenvalue weighted by Crippen LogP contribution is -2.65. The Hall–Kier alpha value is -1.24. The fourth-order valence-electron chi connectivity index (χ4n) is 6.99. The van der Waals surface area contributed by atoms with E-state index in [9.17, 15) is 19.8 Å². The minimum atomic E-state index is -0.739. The number of ketones is 1. The molecule has 1 heterocycles. The Morgan fingerprint density at radius 2 is 2.07 bits per heavy atom. The van der Waals surface area contributed by atoms with Gasteiger partial charge in [-0.05, 0) is 31.1 Å². The number of hydrogen-bond acceptors (Lipinski definition) is 6. The van der Waals surface area contributed by atoms with Gasteiger partial charge >= 0.3 is 5.97 Å². The first-order valence-electron chi connectivity index (χ1n) is 10.4. The van der Waals surface area contributed by atoms with Gasteiger partial charge in [-0.1, -0.05) is 33.8 Å². The van der Waals surface area contributed by atoms with E-state index in [4.69, 9.17) is 9.47 Å². The van der Waals surface area contributed by atoms with Gasteiger partial charge in [0.05, 0.1) is 12.2 Å². The molecule has 0 spiro atoms. The molecule has 10 atom stereocenters. The third-order valence-corrected chi connectivity index (χ3v) is 9.00. The Labute approximate surface area is 166 Å². The first-order chi connectivity index (χ1) is 13.1. The van der Waals surface area contributed by atoms with Gasteiger partial charge in [0.25, 0.3) is 0 Å². The van der Waals surface area contributed by atoms with Crippen molar-refractivity contribution >= 4 is 11.8 Å². The smallest absolute Gasteiger partial charge is 0.332 e. The van der Waals surface area contributed by atoms with Crippen molar-refractivity contribution in [2.24, 2.45) is 34.0 Å². The summed E-state index contributed by atoms with van der Waals surface area (Å²) in [5.74, 6) is -0.937. The molecule has 2 N–H and O–H groups in total. The highest BCUT2D eigenvalue weighted by atomic mass is 16.6. The molecule has 0 aromatic carbocycles. The maximum absolute atomic E-state index is 13.4. The topological polar surface area (TPSA) is 96.4 Å². The summed E-state index contributed by atoms with van der Waals surface area (Å²) in [5, 5.41) is 20.7. The Kier molecular flexibility index (Phi) is 4.39. The summed E-state index contributed by atoms with van der Waals surface area (Å²) in [6.45, 7) is 11.4. The molecule has 3 aliphatic carbocycles. The summed E-state index contributed by atoms with van der Waals surface area (Å²) in [5.41, 5.74) is -1.74. The molecular weight excluding hydrogens is 360 g/mol. The van der Waals surface area contributed by atoms with E-state index >= 15 is 0 Å². The van der Waals surface area contributed by atoms with Gasteiger partial charge in [0.15, 0.2) is 5.78 Å². The van der Waals surface area contributed by atoms with Crippen LogP contribution in [0.4, 0.5) is 0 Å². The second-order valence-corrected chi connectivity index (χ2v) is 10.0. The molecule has 4 aliphatic rings. The highest BCUT2D eigenvalue weighted by molar-refractivity contribution is 5.93. The Morgan fingerprint density at radius 3 is 2.68 bits per heavy atom. The summed E-state index contributed by atoms with van der Waals surface area (Å²) in [6, 6.07) is 0. The average Bonchev–Trinajstić information content (AvgIpc) is 3.43. The molecular formula is C22H32O6. The zero-order chi connectivity index (χ0) is 20.6. The SMILES string of the molecule is C=C[C@]1(C)C[C@@H](OC(=O)CO)[C@]2(C)[C@H](C)CC[C@]3([C@@H]4O[C@@H]4C(=O)[C@H]23)[C@@H](C)[C@@H]1O. The molecule has 0 radical (unpaired) electrons. The Morgan fingerprint density at radius 1 is 1.39 bits per heavy atom. The number of Topliss-reactive ketones (excluding diaryl/α,β-unsaturated/α-hetero) is 1. The molecule has 0 aromatic heterocycles. The number of esters is 1. The van der Waals surface area contributed by atoms with Crippen molar-refractivity contribution in [3.05, 3.63) is 12.7 Å². The van der Waals surface area contributed by atoms with Gasteiger partial charge in [0.1, 0.15) is 18.8 Å². The average molecular weight is 392 g/mol. The van der Waals surface area contributed by atoms with Gasteiger partial charge in [-0.2, -0.15) is 0 Å². The Balaban J connectivity index is 1.91. The second-order valence-electron chi connectivity index (χ2n) is 10.0. The van der Waals surface area contributed by atoms with E-state index in [-0.39, 0.29) is 29.6 Å². The van der Waals surface area contributed by atoms with Crippen molar-refractivity contribution in [3.8, 4) is 0 Å². The molecule has 4 fully saturated rings. The number of fused-ring (bicyclic) bond motifs is 1. The van der Waals surface area contributed by atoms with Gasteiger partial charge in [-0.3, -0.25) is 4.79 Å². The summed E-state index contributed by atoms with van der Waals surface area (Å²) >= 11 is 0. The summed E-state index contributed by atoms with van der Waals surface area (Å²) in [4.78, 5) is 25.5. The van der Waals surface area contributed by atoms with Gasteiger partial charge in [0.2, 0.25) is 0 Å². The van der Waals surface area contributed by atoms with Crippen molar-refractivity contribution in [1.82, 2.24) is 0 Å². The van der Waals surface area contributed by atoms with Crippen LogP contribution in [-0.4, -0.2) is 53.0 Å². The molecule has 6 heteroatoms. The number of carbonyl (C=O) groups is 2. The van der Waals surface area contributed by atoms with Gasteiger partial charge in [-0.15, -0.1) is 6.58 Å². The van der Waals surface area contributed by atoms with Gasteiger partial charge in [-0.25, -0.2) is 4.79 Å². The molecule has 4 rings (SSSR count). The van der Waals surface area contributed by atoms with E-state index in [1.165, 1.54) is 0 Å². The molecule has 1 saturated heterocycles. The lowest BCUT2D eigenvalue weighted by Gasteiger charge is -2.62. The number of hydrogen-bond donors (Lipinski definition) is 2. The monoisotopic (exact) mass is 392 g/mol. The lowest BCUT2D eigenvalue weighted by atomic mass is 9.43. The number of aliphatic hydroxyl groups is 2. The minimum Gasteiger partial charge on any atom is -0.460 e. The largest absolute Gasteiger partial charge is 0.460 e. The predicted molar refractivity (Wildman–Crippen MR) is 101 cm³/mol. The third kappa shape index (κ3) is 2.25. The summed E-state index contributed by atoms with van der Waals surface area (Å²) in [6.07, 6.45) is 1.90. The van der Waals surface area contributed by atoms with Crippen LogP contribution < -0.4 is 0 Å². The lowest BCUT2D eigenvalue weighted by molar-refractivity contribution is -0.216. The number of ether oxygens (including phenoxy) is 2. The van der Waals surface area contributed by atoms with Crippen molar-refractivity contribution in [2.45, 2.75) is 71.4 Å². The van der Waals surface area contributed by atoms with E-state index in [1.807, 2.05) is 13.8 Å². The summed E-state index contributed by atoms with van der Waals surface area (Å²) < 4.78 is 11.6. The van der Waals surface area contributed by atoms with Crippen LogP contribution >= 0.6 is 0 Å². The highest BCUT2D eigenvalue weighted by Crippen LogP contribution is 2.72. The van der Waals surface area contributed by atoms with E-state index in [0.717, 1.165) is 12.8 Å². The second kappa shape index (κ2) is 6.13. The van der Waals surface area contributed by atoms with Gasteiger partial charge < -0.3 is 19.7 Å². The van der Waals surface area contributed by atoms with Crippen LogP contribution in [-0.2, 0) is 19.1 Å². The van der Waals surface area contributed by atoms with Crippen molar-refractivity contribution in [1.29, 1.82) is 0 Å². The van der Waals surface area contributed by atoms with Crippen LogP contribution in [0, 0.1) is 34.0 Å². The van der Waals surface area contributed by atoms with E-state index < -0.39 is 47.1 Å².